The molecule has 0 aliphatic rings. The van der Waals surface area contributed by atoms with E-state index in [9.17, 15) is 0 Å². The molecule has 2 aromatic rings. The van der Waals surface area contributed by atoms with Gasteiger partial charge in [0, 0.05) is 22.3 Å². The lowest BCUT2D eigenvalue weighted by atomic mass is 10.1. The second kappa shape index (κ2) is 6.55. The normalized spacial score (nSPS) is 12.8. The zero-order valence-electron chi connectivity index (χ0n) is 9.78. The summed E-state index contributed by atoms with van der Waals surface area (Å²) in [6.45, 7) is 3.08. The molecule has 0 aromatic carbocycles. The summed E-state index contributed by atoms with van der Waals surface area (Å²) < 4.78 is 0. The van der Waals surface area contributed by atoms with Crippen LogP contribution in [0.5, 0.6) is 0 Å². The maximum atomic E-state index is 6.10. The highest BCUT2D eigenvalue weighted by Gasteiger charge is 2.12. The van der Waals surface area contributed by atoms with E-state index in [1.165, 1.54) is 22.6 Å². The summed E-state index contributed by atoms with van der Waals surface area (Å²) in [5.74, 6) is 0. The molecule has 1 atom stereocenters. The van der Waals surface area contributed by atoms with Gasteiger partial charge in [0.25, 0.3) is 0 Å². The van der Waals surface area contributed by atoms with Crippen LogP contribution in [0, 0.1) is 0 Å². The van der Waals surface area contributed by atoms with Crippen molar-refractivity contribution in [2.75, 3.05) is 0 Å². The van der Waals surface area contributed by atoms with Gasteiger partial charge in [-0.15, -0.1) is 22.7 Å². The molecule has 0 saturated heterocycles. The van der Waals surface area contributed by atoms with Crippen molar-refractivity contribution >= 4 is 34.3 Å². The highest BCUT2D eigenvalue weighted by atomic mass is 35.5. The third-order valence-corrected chi connectivity index (χ3v) is 5.04. The van der Waals surface area contributed by atoms with E-state index in [1.807, 2.05) is 22.8 Å². The van der Waals surface area contributed by atoms with E-state index in [4.69, 9.17) is 11.6 Å². The Morgan fingerprint density at radius 1 is 1.29 bits per heavy atom. The smallest absolute Gasteiger partial charge is 0.0558 e. The Morgan fingerprint density at radius 2 is 2.18 bits per heavy atom. The minimum atomic E-state index is 0.457. The zero-order chi connectivity index (χ0) is 12.1. The van der Waals surface area contributed by atoms with Crippen molar-refractivity contribution in [1.82, 2.24) is 5.32 Å². The molecule has 0 aliphatic carbocycles. The summed E-state index contributed by atoms with van der Waals surface area (Å²) in [4.78, 5) is 2.64. The fraction of sp³-hybridized carbons (Fsp3) is 0.385. The van der Waals surface area contributed by atoms with Gasteiger partial charge in [-0.2, -0.15) is 0 Å². The Morgan fingerprint density at radius 3 is 2.76 bits per heavy atom. The first-order chi connectivity index (χ1) is 8.31. The molecule has 0 radical (unpaired) electrons. The minimum Gasteiger partial charge on any atom is -0.304 e. The van der Waals surface area contributed by atoms with Crippen molar-refractivity contribution in [2.45, 2.75) is 32.4 Å². The molecule has 4 heteroatoms. The van der Waals surface area contributed by atoms with Gasteiger partial charge in [-0.3, -0.25) is 0 Å². The molecule has 0 fully saturated rings. The van der Waals surface area contributed by atoms with Gasteiger partial charge in [-0.1, -0.05) is 31.0 Å². The molecule has 1 unspecified atom stereocenters. The number of thiophene rings is 2. The Balaban J connectivity index is 1.97. The van der Waals surface area contributed by atoms with Crippen LogP contribution in [0.15, 0.2) is 29.0 Å². The lowest BCUT2D eigenvalue weighted by Gasteiger charge is -2.16. The van der Waals surface area contributed by atoms with E-state index in [0.717, 1.165) is 11.6 Å². The minimum absolute atomic E-state index is 0.457. The Hall–Kier alpha value is -0.350. The van der Waals surface area contributed by atoms with Crippen LogP contribution in [0.25, 0.3) is 0 Å². The van der Waals surface area contributed by atoms with Crippen molar-refractivity contribution in [3.63, 3.8) is 0 Å². The highest BCUT2D eigenvalue weighted by molar-refractivity contribution is 7.10. The second-order valence-corrected chi connectivity index (χ2v) is 6.32. The molecule has 0 saturated carbocycles. The van der Waals surface area contributed by atoms with Gasteiger partial charge in [0.2, 0.25) is 0 Å². The average Bonchev–Trinajstić information content (AvgIpc) is 2.96. The van der Waals surface area contributed by atoms with Crippen LogP contribution in [0.1, 0.15) is 35.6 Å². The summed E-state index contributed by atoms with van der Waals surface area (Å²) in [5.41, 5.74) is 0. The fourth-order valence-electron chi connectivity index (χ4n) is 1.79. The molecule has 2 aromatic heterocycles. The SMILES string of the molecule is CCCC(NCc1sccc1Cl)c1cccs1. The van der Waals surface area contributed by atoms with Gasteiger partial charge >= 0.3 is 0 Å². The molecule has 0 bridgehead atoms. The summed E-state index contributed by atoms with van der Waals surface area (Å²) >= 11 is 9.63. The lowest BCUT2D eigenvalue weighted by Crippen LogP contribution is -2.19. The van der Waals surface area contributed by atoms with Crippen molar-refractivity contribution in [2.24, 2.45) is 0 Å². The van der Waals surface area contributed by atoms with Gasteiger partial charge in [-0.05, 0) is 29.3 Å². The number of hydrogen-bond donors (Lipinski definition) is 1. The van der Waals surface area contributed by atoms with Gasteiger partial charge in [0.1, 0.15) is 0 Å². The molecule has 0 spiro atoms. The molecule has 0 amide bonds. The quantitative estimate of drug-likeness (QED) is 0.779. The molecule has 1 nitrogen and oxygen atoms in total. The van der Waals surface area contributed by atoms with E-state index in [-0.39, 0.29) is 0 Å². The molecule has 2 heterocycles. The van der Waals surface area contributed by atoms with E-state index in [2.05, 4.69) is 29.8 Å². The van der Waals surface area contributed by atoms with E-state index >= 15 is 0 Å². The molecule has 2 rings (SSSR count). The first kappa shape index (κ1) is 13.1. The molecule has 1 N–H and O–H groups in total. The van der Waals surface area contributed by atoms with Crippen molar-refractivity contribution in [1.29, 1.82) is 0 Å². The van der Waals surface area contributed by atoms with Crippen LogP contribution in [0.2, 0.25) is 5.02 Å². The van der Waals surface area contributed by atoms with Crippen LogP contribution in [0.3, 0.4) is 0 Å². The third-order valence-electron chi connectivity index (χ3n) is 2.66. The number of halogens is 1. The van der Waals surface area contributed by atoms with Gasteiger partial charge in [0.15, 0.2) is 0 Å². The third kappa shape index (κ3) is 3.55. The first-order valence-corrected chi connectivity index (χ1v) is 7.93. The fourth-order valence-corrected chi connectivity index (χ4v) is 3.68. The molecular formula is C13H16ClNS2. The second-order valence-electron chi connectivity index (χ2n) is 3.93. The van der Waals surface area contributed by atoms with Gasteiger partial charge < -0.3 is 5.32 Å². The Bertz CT molecular complexity index is 436. The van der Waals surface area contributed by atoms with Crippen molar-refractivity contribution in [3.8, 4) is 0 Å². The first-order valence-electron chi connectivity index (χ1n) is 5.80. The molecule has 92 valence electrons. The Kier molecular flexibility index (Phi) is 5.04. The number of rotatable bonds is 6. The zero-order valence-corrected chi connectivity index (χ0v) is 12.2. The average molecular weight is 286 g/mol. The van der Waals surface area contributed by atoms with Crippen LogP contribution >= 0.6 is 34.3 Å². The summed E-state index contributed by atoms with van der Waals surface area (Å²) in [6.07, 6.45) is 2.36. The van der Waals surface area contributed by atoms with E-state index in [1.54, 1.807) is 11.3 Å². The summed E-state index contributed by atoms with van der Waals surface area (Å²) in [7, 11) is 0. The van der Waals surface area contributed by atoms with Gasteiger partial charge in [-0.25, -0.2) is 0 Å². The number of hydrogen-bond acceptors (Lipinski definition) is 3. The standard InChI is InChI=1S/C13H16ClNS2/c1-2-4-11(12-5-3-7-16-12)15-9-13-10(14)6-8-17-13/h3,5-8,11,15H,2,4,9H2,1H3. The maximum absolute atomic E-state index is 6.10. The van der Waals surface area contributed by atoms with Crippen LogP contribution < -0.4 is 5.32 Å². The summed E-state index contributed by atoms with van der Waals surface area (Å²) in [5, 5.41) is 8.66. The van der Waals surface area contributed by atoms with Crippen molar-refractivity contribution < 1.29 is 0 Å². The van der Waals surface area contributed by atoms with E-state index in [0.29, 0.717) is 6.04 Å². The largest absolute Gasteiger partial charge is 0.304 e. The van der Waals surface area contributed by atoms with Crippen LogP contribution in [-0.2, 0) is 6.54 Å². The topological polar surface area (TPSA) is 12.0 Å². The van der Waals surface area contributed by atoms with Crippen LogP contribution in [-0.4, -0.2) is 0 Å². The van der Waals surface area contributed by atoms with Crippen LogP contribution in [0.4, 0.5) is 0 Å². The Labute approximate surface area is 115 Å². The van der Waals surface area contributed by atoms with Gasteiger partial charge in [0.05, 0.1) is 5.02 Å². The predicted octanol–water partition coefficient (Wildman–Crippen LogP) is 5.09. The predicted molar refractivity (Wildman–Crippen MR) is 78.1 cm³/mol. The van der Waals surface area contributed by atoms with Crippen molar-refractivity contribution in [3.05, 3.63) is 43.7 Å². The maximum Gasteiger partial charge on any atom is 0.0558 e. The lowest BCUT2D eigenvalue weighted by molar-refractivity contribution is 0.503. The highest BCUT2D eigenvalue weighted by Crippen LogP contribution is 2.26. The van der Waals surface area contributed by atoms with E-state index < -0.39 is 0 Å². The summed E-state index contributed by atoms with van der Waals surface area (Å²) in [6, 6.07) is 6.73. The monoisotopic (exact) mass is 285 g/mol. The molecule has 17 heavy (non-hydrogen) atoms. The number of nitrogens with one attached hydrogen (secondary N) is 1. The molecule has 0 aliphatic heterocycles. The molecular weight excluding hydrogens is 270 g/mol.